The number of fused-ring (bicyclic) bond motifs is 5. The lowest BCUT2D eigenvalue weighted by Gasteiger charge is -2.00. The van der Waals surface area contributed by atoms with Gasteiger partial charge in [-0.15, -0.1) is 25.3 Å². The van der Waals surface area contributed by atoms with Crippen LogP contribution in [-0.2, 0) is 0 Å². The van der Waals surface area contributed by atoms with E-state index in [1.165, 1.54) is 10.8 Å². The molecule has 0 saturated carbocycles. The van der Waals surface area contributed by atoms with Crippen molar-refractivity contribution in [1.82, 2.24) is 0 Å². The van der Waals surface area contributed by atoms with Gasteiger partial charge >= 0.3 is 0 Å². The molecule has 110 valence electrons. The molecule has 0 spiro atoms. The van der Waals surface area contributed by atoms with Crippen LogP contribution >= 0.6 is 25.3 Å². The van der Waals surface area contributed by atoms with E-state index in [1.54, 1.807) is 0 Å². The lowest BCUT2D eigenvalue weighted by molar-refractivity contribution is 0.670. The molecular weight excluding hydrogens is 320 g/mol. The molecule has 3 heteroatoms. The van der Waals surface area contributed by atoms with E-state index in [4.69, 9.17) is 4.42 Å². The van der Waals surface area contributed by atoms with Gasteiger partial charge in [0.1, 0.15) is 11.2 Å². The third-order valence-electron chi connectivity index (χ3n) is 4.35. The second-order valence-corrected chi connectivity index (χ2v) is 6.89. The number of hydrogen-bond donors (Lipinski definition) is 2. The van der Waals surface area contributed by atoms with E-state index in [0.717, 1.165) is 42.5 Å². The van der Waals surface area contributed by atoms with Gasteiger partial charge in [-0.25, -0.2) is 0 Å². The predicted molar refractivity (Wildman–Crippen MR) is 103 cm³/mol. The highest BCUT2D eigenvalue weighted by Crippen LogP contribution is 2.35. The van der Waals surface area contributed by atoms with Crippen molar-refractivity contribution in [3.63, 3.8) is 0 Å². The minimum atomic E-state index is 0.910. The molecule has 0 fully saturated rings. The van der Waals surface area contributed by atoms with E-state index >= 15 is 0 Å². The van der Waals surface area contributed by atoms with E-state index in [0.29, 0.717) is 0 Å². The van der Waals surface area contributed by atoms with Crippen molar-refractivity contribution < 1.29 is 4.42 Å². The van der Waals surface area contributed by atoms with Crippen LogP contribution in [-0.4, -0.2) is 0 Å². The van der Waals surface area contributed by atoms with Crippen LogP contribution < -0.4 is 0 Å². The van der Waals surface area contributed by atoms with E-state index in [1.807, 2.05) is 12.1 Å². The Morgan fingerprint density at radius 3 is 1.48 bits per heavy atom. The summed E-state index contributed by atoms with van der Waals surface area (Å²) in [5.41, 5.74) is 1.82. The first kappa shape index (κ1) is 13.3. The van der Waals surface area contributed by atoms with Crippen molar-refractivity contribution in [3.8, 4) is 0 Å². The summed E-state index contributed by atoms with van der Waals surface area (Å²) in [5.74, 6) is 0. The number of furan rings is 1. The van der Waals surface area contributed by atoms with Gasteiger partial charge in [-0.2, -0.15) is 0 Å². The maximum Gasteiger partial charge on any atom is 0.136 e. The van der Waals surface area contributed by atoms with Crippen molar-refractivity contribution in [3.05, 3.63) is 60.7 Å². The monoisotopic (exact) mass is 332 g/mol. The normalized spacial score (nSPS) is 11.9. The summed E-state index contributed by atoms with van der Waals surface area (Å²) in [7, 11) is 0. The Balaban J connectivity index is 1.94. The molecule has 5 rings (SSSR count). The van der Waals surface area contributed by atoms with Gasteiger partial charge in [-0.1, -0.05) is 12.1 Å². The first-order chi connectivity index (χ1) is 11.2. The molecule has 1 aromatic heterocycles. The van der Waals surface area contributed by atoms with Gasteiger partial charge in [0.15, 0.2) is 0 Å². The Morgan fingerprint density at radius 1 is 0.522 bits per heavy atom. The van der Waals surface area contributed by atoms with Crippen LogP contribution in [0, 0.1) is 0 Å². The highest BCUT2D eigenvalue weighted by molar-refractivity contribution is 7.80. The Bertz CT molecular complexity index is 1140. The van der Waals surface area contributed by atoms with Crippen LogP contribution in [0.5, 0.6) is 0 Å². The lowest BCUT2D eigenvalue weighted by Crippen LogP contribution is -1.75. The van der Waals surface area contributed by atoms with Crippen LogP contribution in [0.4, 0.5) is 0 Å². The summed E-state index contributed by atoms with van der Waals surface area (Å²) in [6, 6.07) is 21.0. The van der Waals surface area contributed by atoms with E-state index in [9.17, 15) is 0 Å². The smallest absolute Gasteiger partial charge is 0.136 e. The highest BCUT2D eigenvalue weighted by atomic mass is 32.1. The van der Waals surface area contributed by atoms with Crippen LogP contribution in [0.25, 0.3) is 43.5 Å². The largest absolute Gasteiger partial charge is 0.456 e. The second kappa shape index (κ2) is 4.70. The summed E-state index contributed by atoms with van der Waals surface area (Å²) in [6.07, 6.45) is 0. The fourth-order valence-electron chi connectivity index (χ4n) is 3.24. The molecule has 0 aliphatic carbocycles. The van der Waals surface area contributed by atoms with Gasteiger partial charge in [-0.05, 0) is 70.1 Å². The quantitative estimate of drug-likeness (QED) is 0.310. The maximum atomic E-state index is 6.10. The van der Waals surface area contributed by atoms with Crippen LogP contribution in [0.1, 0.15) is 0 Å². The molecule has 0 N–H and O–H groups in total. The minimum Gasteiger partial charge on any atom is -0.456 e. The summed E-state index contributed by atoms with van der Waals surface area (Å²) in [6.45, 7) is 0. The summed E-state index contributed by atoms with van der Waals surface area (Å²) >= 11 is 8.84. The Morgan fingerprint density at radius 2 is 1.00 bits per heavy atom. The van der Waals surface area contributed by atoms with E-state index < -0.39 is 0 Å². The molecule has 5 aromatic rings. The van der Waals surface area contributed by atoms with Gasteiger partial charge in [0.05, 0.1) is 0 Å². The zero-order valence-corrected chi connectivity index (χ0v) is 13.9. The van der Waals surface area contributed by atoms with Crippen LogP contribution in [0.3, 0.4) is 0 Å². The third kappa shape index (κ3) is 2.04. The summed E-state index contributed by atoms with van der Waals surface area (Å²) < 4.78 is 6.10. The SMILES string of the molecule is Sc1ccc2cc3c(cc2c1)oc1cc2cc(S)ccc2cc13. The lowest BCUT2D eigenvalue weighted by atomic mass is 10.0. The molecule has 1 heterocycles. The molecule has 23 heavy (non-hydrogen) atoms. The van der Waals surface area contributed by atoms with Gasteiger partial charge < -0.3 is 4.42 Å². The van der Waals surface area contributed by atoms with Crippen molar-refractivity contribution in [1.29, 1.82) is 0 Å². The average Bonchev–Trinajstić information content (AvgIpc) is 2.86. The van der Waals surface area contributed by atoms with Crippen LogP contribution in [0.15, 0.2) is 74.9 Å². The average molecular weight is 332 g/mol. The number of benzene rings is 4. The number of thiol groups is 2. The van der Waals surface area contributed by atoms with Gasteiger partial charge in [0.2, 0.25) is 0 Å². The van der Waals surface area contributed by atoms with Crippen LogP contribution in [0.2, 0.25) is 0 Å². The Kier molecular flexibility index (Phi) is 2.73. The molecule has 0 bridgehead atoms. The fourth-order valence-corrected chi connectivity index (χ4v) is 3.66. The molecule has 0 aliphatic rings. The van der Waals surface area contributed by atoms with E-state index in [2.05, 4.69) is 73.8 Å². The number of hydrogen-bond acceptors (Lipinski definition) is 3. The predicted octanol–water partition coefficient (Wildman–Crippen LogP) is 6.47. The first-order valence-electron chi connectivity index (χ1n) is 7.39. The van der Waals surface area contributed by atoms with E-state index in [-0.39, 0.29) is 0 Å². The van der Waals surface area contributed by atoms with Gasteiger partial charge in [-0.3, -0.25) is 0 Å². The molecule has 1 nitrogen and oxygen atoms in total. The molecule has 0 radical (unpaired) electrons. The maximum absolute atomic E-state index is 6.10. The molecule has 0 amide bonds. The van der Waals surface area contributed by atoms with Crippen molar-refractivity contribution in [2.75, 3.05) is 0 Å². The minimum absolute atomic E-state index is 0.910. The topological polar surface area (TPSA) is 13.1 Å². The molecule has 0 aliphatic heterocycles. The molecule has 4 aromatic carbocycles. The van der Waals surface area contributed by atoms with Crippen molar-refractivity contribution >= 4 is 68.7 Å². The van der Waals surface area contributed by atoms with Crippen molar-refractivity contribution in [2.24, 2.45) is 0 Å². The summed E-state index contributed by atoms with van der Waals surface area (Å²) in [4.78, 5) is 1.92. The molecule has 0 saturated heterocycles. The zero-order valence-electron chi connectivity index (χ0n) is 12.1. The molecule has 0 atom stereocenters. The zero-order chi connectivity index (χ0) is 15.6. The second-order valence-electron chi connectivity index (χ2n) is 5.86. The Hall–Kier alpha value is -2.10. The number of rotatable bonds is 0. The van der Waals surface area contributed by atoms with Gasteiger partial charge in [0, 0.05) is 20.6 Å². The highest BCUT2D eigenvalue weighted by Gasteiger charge is 2.10. The Labute approximate surface area is 143 Å². The fraction of sp³-hybridized carbons (Fsp3) is 0. The molecule has 0 unspecified atom stereocenters. The van der Waals surface area contributed by atoms with Crippen molar-refractivity contribution in [2.45, 2.75) is 9.79 Å². The standard InChI is InChI=1S/C20H12OS2/c22-15-3-1-11-7-17-18-8-12-2-4-16(23)6-14(12)10-20(18)21-19(17)9-13(11)5-15/h1-10,22-23H. The molecular formula is C20H12OS2. The third-order valence-corrected chi connectivity index (χ3v) is 4.91. The first-order valence-corrected chi connectivity index (χ1v) is 8.29. The van der Waals surface area contributed by atoms with Gasteiger partial charge in [0.25, 0.3) is 0 Å². The summed E-state index contributed by atoms with van der Waals surface area (Å²) in [5, 5.41) is 6.98.